The van der Waals surface area contributed by atoms with Gasteiger partial charge in [0.1, 0.15) is 43.7 Å². The SMILES string of the molecule is CCCCCCCCCC(=O)N[C@@H](COCc1cn(CCOC2OC(COC(C)=O)C(OC(C)=O)C(OC(C)=O)C2OC(C)=O)nn1)C(=O)N[C@H](CCC(=O)OCc1ccccc1)C(=O)OCc1ccccc1. The average molecular weight is 1020 g/mol. The quantitative estimate of drug-likeness (QED) is 0.0502. The van der Waals surface area contributed by atoms with E-state index in [4.69, 9.17) is 42.6 Å². The molecule has 0 radical (unpaired) electrons. The highest BCUT2D eigenvalue weighted by Gasteiger charge is 2.52. The molecule has 3 aromatic rings. The molecule has 4 rings (SSSR count). The average Bonchev–Trinajstić information content (AvgIpc) is 3.81. The number of rotatable bonds is 32. The molecule has 0 aliphatic carbocycles. The maximum Gasteiger partial charge on any atom is 0.328 e. The Kier molecular flexibility index (Phi) is 26.0. The zero-order valence-electron chi connectivity index (χ0n) is 42.2. The summed E-state index contributed by atoms with van der Waals surface area (Å²) in [6.45, 7) is 5.52. The van der Waals surface area contributed by atoms with Crippen molar-refractivity contribution in [3.63, 3.8) is 0 Å². The van der Waals surface area contributed by atoms with Crippen LogP contribution in [-0.2, 0) is 107 Å². The second-order valence-corrected chi connectivity index (χ2v) is 17.3. The molecular weight excluding hydrogens is 955 g/mol. The first-order chi connectivity index (χ1) is 35.1. The molecule has 7 atom stereocenters. The van der Waals surface area contributed by atoms with Crippen molar-refractivity contribution in [1.29, 1.82) is 0 Å². The van der Waals surface area contributed by atoms with Gasteiger partial charge in [-0.05, 0) is 24.0 Å². The standard InChI is InChI=1S/C51H69N5O17/c1-6-7-8-9-10-11-18-23-44(61)52-42(49(63)53-41(50(64)69-30-39-21-16-13-17-22-39)24-25-45(62)68-29-38-19-14-12-15-20-38)32-65-31-40-28-56(55-54-40)26-27-66-51-48(72-37(5)60)47(71-36(4)59)46(70-35(3)58)43(73-51)33-67-34(2)57/h12-17,19-22,28,41-43,46-48,51H,6-11,18,23-27,29-33H2,1-5H3,(H,52,61)(H,53,63)/t41-,42+,43?,46?,47?,48?,51?/m1/s1. The predicted molar refractivity (Wildman–Crippen MR) is 256 cm³/mol. The third-order valence-electron chi connectivity index (χ3n) is 11.0. The summed E-state index contributed by atoms with van der Waals surface area (Å²) in [5.74, 6) is -5.56. The lowest BCUT2D eigenvalue weighted by Crippen LogP contribution is -2.63. The fourth-order valence-electron chi connectivity index (χ4n) is 7.50. The van der Waals surface area contributed by atoms with E-state index in [-0.39, 0.29) is 58.8 Å². The Hall–Kier alpha value is -6.78. The molecule has 22 nitrogen and oxygen atoms in total. The molecule has 0 spiro atoms. The van der Waals surface area contributed by atoms with Gasteiger partial charge in [-0.15, -0.1) is 5.10 Å². The minimum atomic E-state index is -1.42. The van der Waals surface area contributed by atoms with Crippen molar-refractivity contribution in [3.8, 4) is 0 Å². The third kappa shape index (κ3) is 22.7. The van der Waals surface area contributed by atoms with Crippen LogP contribution in [0.5, 0.6) is 0 Å². The van der Waals surface area contributed by atoms with E-state index in [0.717, 1.165) is 71.8 Å². The van der Waals surface area contributed by atoms with Gasteiger partial charge in [0.05, 0.1) is 32.6 Å². The van der Waals surface area contributed by atoms with Gasteiger partial charge >= 0.3 is 35.8 Å². The van der Waals surface area contributed by atoms with Crippen molar-refractivity contribution < 1.29 is 81.0 Å². The van der Waals surface area contributed by atoms with Gasteiger partial charge in [-0.3, -0.25) is 33.6 Å². The molecule has 2 heterocycles. The van der Waals surface area contributed by atoms with Crippen LogP contribution in [0.2, 0.25) is 0 Å². The van der Waals surface area contributed by atoms with Gasteiger partial charge in [-0.25, -0.2) is 9.48 Å². The molecule has 22 heteroatoms. The normalized spacial score (nSPS) is 18.0. The molecular formula is C51H69N5O17. The van der Waals surface area contributed by atoms with Crippen LogP contribution in [0, 0.1) is 0 Å². The molecule has 1 fully saturated rings. The number of amides is 2. The largest absolute Gasteiger partial charge is 0.463 e. The van der Waals surface area contributed by atoms with Gasteiger partial charge in [0.15, 0.2) is 24.6 Å². The summed E-state index contributed by atoms with van der Waals surface area (Å²) in [6.07, 6.45) is 1.38. The number of ether oxygens (including phenoxy) is 9. The summed E-state index contributed by atoms with van der Waals surface area (Å²) >= 11 is 0. The van der Waals surface area contributed by atoms with Crippen molar-refractivity contribution in [3.05, 3.63) is 83.7 Å². The van der Waals surface area contributed by atoms with Crippen molar-refractivity contribution in [2.75, 3.05) is 19.8 Å². The van der Waals surface area contributed by atoms with Crippen LogP contribution in [0.25, 0.3) is 0 Å². The van der Waals surface area contributed by atoms with Gasteiger partial charge in [-0.2, -0.15) is 0 Å². The summed E-state index contributed by atoms with van der Waals surface area (Å²) in [4.78, 5) is 102. The second-order valence-electron chi connectivity index (χ2n) is 17.3. The molecule has 400 valence electrons. The summed E-state index contributed by atoms with van der Waals surface area (Å²) < 4.78 is 51.6. The Labute approximate surface area is 424 Å². The maximum atomic E-state index is 14.0. The predicted octanol–water partition coefficient (Wildman–Crippen LogP) is 4.27. The topological polar surface area (TPSA) is 274 Å². The van der Waals surface area contributed by atoms with Crippen LogP contribution in [0.4, 0.5) is 0 Å². The molecule has 1 aromatic heterocycles. The fourth-order valence-corrected chi connectivity index (χ4v) is 7.50. The van der Waals surface area contributed by atoms with Crippen molar-refractivity contribution in [2.24, 2.45) is 0 Å². The van der Waals surface area contributed by atoms with Crippen LogP contribution in [0.1, 0.15) is 116 Å². The number of carbonyl (C=O) groups is 8. The number of hydrogen-bond acceptors (Lipinski definition) is 19. The number of esters is 6. The summed E-state index contributed by atoms with van der Waals surface area (Å²) in [7, 11) is 0. The zero-order chi connectivity index (χ0) is 53.0. The Bertz CT molecular complexity index is 2210. The van der Waals surface area contributed by atoms with Gasteiger partial charge in [0.25, 0.3) is 0 Å². The number of nitrogens with one attached hydrogen (secondary N) is 2. The van der Waals surface area contributed by atoms with Crippen molar-refractivity contribution in [1.82, 2.24) is 25.6 Å². The number of benzene rings is 2. The number of aromatic nitrogens is 3. The number of carbonyl (C=O) groups excluding carboxylic acids is 8. The van der Waals surface area contributed by atoms with Crippen LogP contribution in [0.3, 0.4) is 0 Å². The second kappa shape index (κ2) is 32.3. The number of hydrogen-bond donors (Lipinski definition) is 2. The van der Waals surface area contributed by atoms with Gasteiger partial charge in [0.2, 0.25) is 11.8 Å². The number of unbranched alkanes of at least 4 members (excludes halogenated alkanes) is 6. The Morgan fingerprint density at radius 2 is 1.26 bits per heavy atom. The Morgan fingerprint density at radius 1 is 0.658 bits per heavy atom. The molecule has 5 unspecified atom stereocenters. The Balaban J connectivity index is 1.42. The third-order valence-corrected chi connectivity index (χ3v) is 11.0. The molecule has 0 bridgehead atoms. The first-order valence-corrected chi connectivity index (χ1v) is 24.5. The van der Waals surface area contributed by atoms with Crippen LogP contribution in [-0.4, -0.2) is 125 Å². The van der Waals surface area contributed by atoms with Gasteiger partial charge in [-0.1, -0.05) is 111 Å². The van der Waals surface area contributed by atoms with Crippen LogP contribution >= 0.6 is 0 Å². The van der Waals surface area contributed by atoms with E-state index in [2.05, 4.69) is 27.9 Å². The monoisotopic (exact) mass is 1020 g/mol. The van der Waals surface area contributed by atoms with E-state index in [9.17, 15) is 38.4 Å². The zero-order valence-corrected chi connectivity index (χ0v) is 42.2. The molecule has 2 aromatic carbocycles. The highest BCUT2D eigenvalue weighted by atomic mass is 16.7. The summed E-state index contributed by atoms with van der Waals surface area (Å²) in [6, 6.07) is 15.4. The van der Waals surface area contributed by atoms with E-state index in [1.807, 2.05) is 24.3 Å². The van der Waals surface area contributed by atoms with Crippen LogP contribution < -0.4 is 10.6 Å². The smallest absolute Gasteiger partial charge is 0.328 e. The molecule has 2 N–H and O–H groups in total. The summed E-state index contributed by atoms with van der Waals surface area (Å²) in [5.41, 5.74) is 1.80. The molecule has 1 aliphatic heterocycles. The van der Waals surface area contributed by atoms with E-state index in [0.29, 0.717) is 17.7 Å². The van der Waals surface area contributed by atoms with E-state index in [1.165, 1.54) is 10.9 Å². The van der Waals surface area contributed by atoms with E-state index in [1.54, 1.807) is 36.4 Å². The highest BCUT2D eigenvalue weighted by molar-refractivity contribution is 5.91. The van der Waals surface area contributed by atoms with Crippen LogP contribution in [0.15, 0.2) is 66.9 Å². The van der Waals surface area contributed by atoms with Gasteiger partial charge < -0.3 is 53.3 Å². The van der Waals surface area contributed by atoms with E-state index < -0.39 is 97.0 Å². The lowest BCUT2D eigenvalue weighted by Gasteiger charge is -2.44. The van der Waals surface area contributed by atoms with E-state index >= 15 is 0 Å². The summed E-state index contributed by atoms with van der Waals surface area (Å²) in [5, 5.41) is 13.6. The minimum absolute atomic E-state index is 0.0228. The maximum absolute atomic E-state index is 14.0. The lowest BCUT2D eigenvalue weighted by molar-refractivity contribution is -0.308. The van der Waals surface area contributed by atoms with Crippen molar-refractivity contribution in [2.45, 2.75) is 168 Å². The first-order valence-electron chi connectivity index (χ1n) is 24.5. The van der Waals surface area contributed by atoms with Gasteiger partial charge in [0, 0.05) is 40.5 Å². The molecule has 1 saturated heterocycles. The lowest BCUT2D eigenvalue weighted by atomic mass is 9.98. The molecule has 1 aliphatic rings. The number of nitrogens with zero attached hydrogens (tertiary/aromatic N) is 3. The molecule has 0 saturated carbocycles. The minimum Gasteiger partial charge on any atom is -0.463 e. The van der Waals surface area contributed by atoms with Crippen molar-refractivity contribution >= 4 is 47.6 Å². The highest BCUT2D eigenvalue weighted by Crippen LogP contribution is 2.30. The molecule has 2 amide bonds. The Morgan fingerprint density at radius 3 is 1.89 bits per heavy atom. The fraction of sp³-hybridized carbons (Fsp3) is 0.569. The first kappa shape index (κ1) is 58.8. The molecule has 73 heavy (non-hydrogen) atoms.